The first kappa shape index (κ1) is 16.1. The maximum Gasteiger partial charge on any atom is 0.218 e. The molecule has 1 aliphatic rings. The summed E-state index contributed by atoms with van der Waals surface area (Å²) in [5.74, 6) is -0.854. The number of nitrogens with zero attached hydrogens (tertiary/aromatic N) is 3. The lowest BCUT2D eigenvalue weighted by Crippen LogP contribution is -2.42. The summed E-state index contributed by atoms with van der Waals surface area (Å²) in [6.07, 6.45) is 3.11. The molecule has 1 fully saturated rings. The van der Waals surface area contributed by atoms with Crippen LogP contribution in [0.25, 0.3) is 0 Å². The fourth-order valence-electron chi connectivity index (χ4n) is 2.59. The summed E-state index contributed by atoms with van der Waals surface area (Å²) >= 11 is 0. The molecular weight excluding hydrogens is 321 g/mol. The number of ether oxygens (including phenoxy) is 1. The van der Waals surface area contributed by atoms with Gasteiger partial charge in [-0.2, -0.15) is 9.40 Å². The normalized spacial score (nSPS) is 19.8. The molecule has 0 amide bonds. The summed E-state index contributed by atoms with van der Waals surface area (Å²) < 4.78 is 47.5. The summed E-state index contributed by atoms with van der Waals surface area (Å²) in [7, 11) is -1.82. The predicted octanol–water partition coefficient (Wildman–Crippen LogP) is 1.46. The van der Waals surface area contributed by atoms with E-state index in [-0.39, 0.29) is 30.5 Å². The fraction of sp³-hybridized carbons (Fsp3) is 0.400. The lowest BCUT2D eigenvalue weighted by molar-refractivity contribution is -0.00264. The average Bonchev–Trinajstić information content (AvgIpc) is 2.96. The van der Waals surface area contributed by atoms with E-state index in [9.17, 15) is 12.8 Å². The average molecular weight is 339 g/mol. The summed E-state index contributed by atoms with van der Waals surface area (Å²) in [4.78, 5) is 0. The van der Waals surface area contributed by atoms with Crippen molar-refractivity contribution >= 4 is 10.0 Å². The van der Waals surface area contributed by atoms with Crippen molar-refractivity contribution in [1.29, 1.82) is 0 Å². The maximum atomic E-state index is 13.7. The highest BCUT2D eigenvalue weighted by Crippen LogP contribution is 2.25. The van der Waals surface area contributed by atoms with E-state index in [1.165, 1.54) is 16.4 Å². The Kier molecular flexibility index (Phi) is 4.47. The van der Waals surface area contributed by atoms with E-state index in [1.807, 2.05) is 0 Å². The third-order valence-corrected chi connectivity index (χ3v) is 5.61. The van der Waals surface area contributed by atoms with Crippen molar-refractivity contribution in [2.24, 2.45) is 7.05 Å². The largest absolute Gasteiger partial charge is 0.371 e. The second-order valence-corrected chi connectivity index (χ2v) is 7.48. The van der Waals surface area contributed by atoms with Gasteiger partial charge >= 0.3 is 0 Å². The van der Waals surface area contributed by atoms with Crippen LogP contribution in [0.1, 0.15) is 17.2 Å². The van der Waals surface area contributed by atoms with Crippen LogP contribution in [0.3, 0.4) is 0 Å². The van der Waals surface area contributed by atoms with Crippen LogP contribution >= 0.6 is 0 Å². The highest BCUT2D eigenvalue weighted by atomic mass is 32.2. The first-order chi connectivity index (χ1) is 11.0. The monoisotopic (exact) mass is 339 g/mol. The summed E-state index contributed by atoms with van der Waals surface area (Å²) in [5, 5.41) is 4.08. The van der Waals surface area contributed by atoms with Crippen molar-refractivity contribution in [2.45, 2.75) is 11.9 Å². The molecule has 1 saturated heterocycles. The van der Waals surface area contributed by atoms with Gasteiger partial charge in [0.05, 0.1) is 24.7 Å². The molecule has 1 aromatic carbocycles. The van der Waals surface area contributed by atoms with Gasteiger partial charge in [-0.05, 0) is 6.07 Å². The van der Waals surface area contributed by atoms with Gasteiger partial charge in [0.15, 0.2) is 0 Å². The van der Waals surface area contributed by atoms with E-state index in [4.69, 9.17) is 4.74 Å². The number of hydrogen-bond acceptors (Lipinski definition) is 4. The highest BCUT2D eigenvalue weighted by Gasteiger charge is 2.31. The molecule has 1 aliphatic heterocycles. The Morgan fingerprint density at radius 1 is 1.39 bits per heavy atom. The lowest BCUT2D eigenvalue weighted by Gasteiger charge is -2.31. The Balaban J connectivity index is 1.76. The molecule has 3 rings (SSSR count). The number of halogens is 1. The van der Waals surface area contributed by atoms with Crippen molar-refractivity contribution in [3.8, 4) is 0 Å². The fourth-order valence-corrected chi connectivity index (χ4v) is 4.11. The third-order valence-electron chi connectivity index (χ3n) is 3.81. The molecule has 0 bridgehead atoms. The molecule has 124 valence electrons. The number of rotatable bonds is 4. The SMILES string of the molecule is Cn1cc(C2CN(S(=O)(=O)Cc3ccccc3F)CCO2)cn1. The third kappa shape index (κ3) is 3.60. The van der Waals surface area contributed by atoms with Gasteiger partial charge in [-0.1, -0.05) is 18.2 Å². The number of benzene rings is 1. The first-order valence-electron chi connectivity index (χ1n) is 7.27. The molecule has 2 aromatic rings. The van der Waals surface area contributed by atoms with Crippen LogP contribution in [0, 0.1) is 5.82 Å². The molecule has 0 saturated carbocycles. The van der Waals surface area contributed by atoms with Crippen LogP contribution in [-0.2, 0) is 27.6 Å². The van der Waals surface area contributed by atoms with Gasteiger partial charge in [0.25, 0.3) is 0 Å². The van der Waals surface area contributed by atoms with Gasteiger partial charge < -0.3 is 4.74 Å². The molecule has 0 spiro atoms. The van der Waals surface area contributed by atoms with E-state index < -0.39 is 15.8 Å². The van der Waals surface area contributed by atoms with E-state index in [0.717, 1.165) is 5.56 Å². The standard InChI is InChI=1S/C15H18FN3O3S/c1-18-9-13(8-17-18)15-10-19(6-7-22-15)23(20,21)11-12-4-2-3-5-14(12)16/h2-5,8-9,15H,6-7,10-11H2,1H3. The van der Waals surface area contributed by atoms with Crippen molar-refractivity contribution in [2.75, 3.05) is 19.7 Å². The minimum atomic E-state index is -3.61. The molecule has 8 heteroatoms. The van der Waals surface area contributed by atoms with Crippen molar-refractivity contribution in [3.63, 3.8) is 0 Å². The molecule has 1 aromatic heterocycles. The van der Waals surface area contributed by atoms with E-state index in [2.05, 4.69) is 5.10 Å². The minimum Gasteiger partial charge on any atom is -0.371 e. The van der Waals surface area contributed by atoms with Crippen LogP contribution in [0.15, 0.2) is 36.7 Å². The zero-order valence-electron chi connectivity index (χ0n) is 12.7. The van der Waals surface area contributed by atoms with Gasteiger partial charge in [-0.15, -0.1) is 0 Å². The molecule has 23 heavy (non-hydrogen) atoms. The van der Waals surface area contributed by atoms with E-state index in [0.29, 0.717) is 6.61 Å². The van der Waals surface area contributed by atoms with Crippen molar-refractivity contribution in [3.05, 3.63) is 53.6 Å². The Bertz CT molecular complexity index is 791. The molecule has 6 nitrogen and oxygen atoms in total. The smallest absolute Gasteiger partial charge is 0.218 e. The number of hydrogen-bond donors (Lipinski definition) is 0. The van der Waals surface area contributed by atoms with Gasteiger partial charge in [-0.25, -0.2) is 12.8 Å². The van der Waals surface area contributed by atoms with Crippen LogP contribution in [0.5, 0.6) is 0 Å². The first-order valence-corrected chi connectivity index (χ1v) is 8.88. The molecule has 0 radical (unpaired) electrons. The Labute approximate surface area is 134 Å². The molecule has 0 aliphatic carbocycles. The zero-order chi connectivity index (χ0) is 16.4. The topological polar surface area (TPSA) is 64.4 Å². The molecular formula is C15H18FN3O3S. The molecule has 2 heterocycles. The van der Waals surface area contributed by atoms with E-state index in [1.54, 1.807) is 36.3 Å². The van der Waals surface area contributed by atoms with Crippen LogP contribution in [-0.4, -0.2) is 42.2 Å². The zero-order valence-corrected chi connectivity index (χ0v) is 13.5. The Hall–Kier alpha value is -1.77. The molecule has 1 atom stereocenters. The molecule has 0 N–H and O–H groups in total. The van der Waals surface area contributed by atoms with Crippen molar-refractivity contribution in [1.82, 2.24) is 14.1 Å². The summed E-state index contributed by atoms with van der Waals surface area (Å²) in [5.41, 5.74) is 1.01. The summed E-state index contributed by atoms with van der Waals surface area (Å²) in [6, 6.07) is 5.93. The van der Waals surface area contributed by atoms with Gasteiger partial charge in [-0.3, -0.25) is 4.68 Å². The number of morpholine rings is 1. The maximum absolute atomic E-state index is 13.7. The minimum absolute atomic E-state index is 0.178. The van der Waals surface area contributed by atoms with Crippen LogP contribution in [0.2, 0.25) is 0 Å². The van der Waals surface area contributed by atoms with Crippen LogP contribution < -0.4 is 0 Å². The quantitative estimate of drug-likeness (QED) is 0.846. The lowest BCUT2D eigenvalue weighted by atomic mass is 10.2. The number of aromatic nitrogens is 2. The highest BCUT2D eigenvalue weighted by molar-refractivity contribution is 7.88. The second kappa shape index (κ2) is 6.38. The number of sulfonamides is 1. The second-order valence-electron chi connectivity index (χ2n) is 5.51. The van der Waals surface area contributed by atoms with Crippen molar-refractivity contribution < 1.29 is 17.5 Å². The predicted molar refractivity (Wildman–Crippen MR) is 82.5 cm³/mol. The summed E-state index contributed by atoms with van der Waals surface area (Å²) in [6.45, 7) is 0.784. The van der Waals surface area contributed by atoms with Gasteiger partial charge in [0.1, 0.15) is 5.82 Å². The van der Waals surface area contributed by atoms with Gasteiger partial charge in [0.2, 0.25) is 10.0 Å². The van der Waals surface area contributed by atoms with Gasteiger partial charge in [0, 0.05) is 37.5 Å². The Morgan fingerprint density at radius 2 is 2.17 bits per heavy atom. The number of aryl methyl sites for hydroxylation is 1. The van der Waals surface area contributed by atoms with E-state index >= 15 is 0 Å². The van der Waals surface area contributed by atoms with Crippen LogP contribution in [0.4, 0.5) is 4.39 Å². The molecule has 1 unspecified atom stereocenters. The Morgan fingerprint density at radius 3 is 2.87 bits per heavy atom.